The van der Waals surface area contributed by atoms with Crippen LogP contribution in [-0.4, -0.2) is 61.3 Å². The summed E-state index contributed by atoms with van der Waals surface area (Å²) in [7, 11) is 3.03. The van der Waals surface area contributed by atoms with Crippen LogP contribution in [0.1, 0.15) is 47.1 Å². The summed E-state index contributed by atoms with van der Waals surface area (Å²) in [6, 6.07) is 5.00. The van der Waals surface area contributed by atoms with Crippen LogP contribution in [0.5, 0.6) is 5.75 Å². The number of rotatable bonds is 7. The van der Waals surface area contributed by atoms with Crippen molar-refractivity contribution in [2.45, 2.75) is 52.7 Å². The summed E-state index contributed by atoms with van der Waals surface area (Å²) in [6.07, 6.45) is 0.870. The predicted octanol–water partition coefficient (Wildman–Crippen LogP) is 4.06. The highest BCUT2D eigenvalue weighted by atomic mass is 35.5. The normalized spacial score (nSPS) is 12.1. The Morgan fingerprint density at radius 3 is 2.19 bits per heavy atom. The third-order valence-corrected chi connectivity index (χ3v) is 4.03. The number of amides is 2. The maximum atomic E-state index is 12.8. The highest BCUT2D eigenvalue weighted by Gasteiger charge is 2.24. The molecular formula is C23H33ClN2O6. The predicted molar refractivity (Wildman–Crippen MR) is 124 cm³/mol. The van der Waals surface area contributed by atoms with E-state index in [0.717, 1.165) is 0 Å². The fourth-order valence-corrected chi connectivity index (χ4v) is 2.64. The van der Waals surface area contributed by atoms with E-state index in [2.05, 4.69) is 5.32 Å². The van der Waals surface area contributed by atoms with E-state index in [1.54, 1.807) is 65.8 Å². The van der Waals surface area contributed by atoms with Crippen molar-refractivity contribution in [1.82, 2.24) is 10.2 Å². The lowest BCUT2D eigenvalue weighted by atomic mass is 10.1. The second-order valence-electron chi connectivity index (χ2n) is 9.16. The molecular weight excluding hydrogens is 436 g/mol. The molecule has 0 atom stereocenters. The van der Waals surface area contributed by atoms with Gasteiger partial charge in [0.05, 0.1) is 19.2 Å². The molecule has 0 aliphatic carbocycles. The van der Waals surface area contributed by atoms with Gasteiger partial charge in [0, 0.05) is 17.6 Å². The van der Waals surface area contributed by atoms with Crippen LogP contribution in [0.4, 0.5) is 4.79 Å². The number of esters is 1. The van der Waals surface area contributed by atoms with Gasteiger partial charge in [-0.3, -0.25) is 4.79 Å². The molecule has 0 radical (unpaired) electrons. The molecule has 0 bridgehead atoms. The van der Waals surface area contributed by atoms with E-state index < -0.39 is 29.2 Å². The minimum atomic E-state index is -0.727. The second-order valence-corrected chi connectivity index (χ2v) is 9.60. The smallest absolute Gasteiger partial charge is 0.408 e. The maximum Gasteiger partial charge on any atom is 0.408 e. The molecule has 1 aromatic carbocycles. The standard InChI is InChI=1S/C23H33ClN2O6/c1-22(2,3)31-20(28)16(11-15-12-17(24)9-10-18(15)30-8)14-26(7)19(27)13-25-21(29)32-23(4,5)6/h9-12H,13-14H2,1-8H3,(H,25,29). The van der Waals surface area contributed by atoms with Gasteiger partial charge in [0.25, 0.3) is 0 Å². The first-order valence-electron chi connectivity index (χ1n) is 10.1. The summed E-state index contributed by atoms with van der Waals surface area (Å²) in [5.74, 6) is -0.487. The Balaban J connectivity index is 3.06. The number of likely N-dealkylation sites (N-methyl/N-ethyl adjacent to an activating group) is 1. The molecule has 2 amide bonds. The van der Waals surface area contributed by atoms with Crippen molar-refractivity contribution in [2.24, 2.45) is 0 Å². The molecule has 0 fully saturated rings. The molecule has 32 heavy (non-hydrogen) atoms. The highest BCUT2D eigenvalue weighted by Crippen LogP contribution is 2.26. The van der Waals surface area contributed by atoms with E-state index in [9.17, 15) is 14.4 Å². The fraction of sp³-hybridized carbons (Fsp3) is 0.522. The molecule has 9 heteroatoms. The number of alkyl carbamates (subject to hydrolysis) is 1. The van der Waals surface area contributed by atoms with Crippen LogP contribution in [0.3, 0.4) is 0 Å². The van der Waals surface area contributed by atoms with Gasteiger partial charge in [-0.1, -0.05) is 11.6 Å². The third-order valence-electron chi connectivity index (χ3n) is 3.80. The Hall–Kier alpha value is -2.74. The summed E-state index contributed by atoms with van der Waals surface area (Å²) in [5.41, 5.74) is -0.626. The van der Waals surface area contributed by atoms with E-state index in [-0.39, 0.29) is 18.7 Å². The lowest BCUT2D eigenvalue weighted by Crippen LogP contribution is -2.41. The topological polar surface area (TPSA) is 94.2 Å². The summed E-state index contributed by atoms with van der Waals surface area (Å²) in [5, 5.41) is 2.87. The number of halogens is 1. The van der Waals surface area contributed by atoms with Gasteiger partial charge in [-0.25, -0.2) is 9.59 Å². The van der Waals surface area contributed by atoms with Crippen molar-refractivity contribution in [2.75, 3.05) is 27.2 Å². The largest absolute Gasteiger partial charge is 0.496 e. The van der Waals surface area contributed by atoms with Gasteiger partial charge in [0.1, 0.15) is 23.5 Å². The number of ether oxygens (including phenoxy) is 3. The Kier molecular flexibility index (Phi) is 9.57. The van der Waals surface area contributed by atoms with Crippen LogP contribution in [0.2, 0.25) is 5.02 Å². The highest BCUT2D eigenvalue weighted by molar-refractivity contribution is 6.30. The van der Waals surface area contributed by atoms with Crippen molar-refractivity contribution in [3.63, 3.8) is 0 Å². The zero-order valence-electron chi connectivity index (χ0n) is 20.0. The molecule has 0 heterocycles. The zero-order chi connectivity index (χ0) is 24.7. The number of hydrogen-bond acceptors (Lipinski definition) is 6. The first-order chi connectivity index (χ1) is 14.6. The van der Waals surface area contributed by atoms with Gasteiger partial charge in [0.2, 0.25) is 5.91 Å². The molecule has 0 spiro atoms. The molecule has 0 aliphatic heterocycles. The molecule has 1 aromatic rings. The summed E-state index contributed by atoms with van der Waals surface area (Å²) < 4.78 is 16.0. The van der Waals surface area contributed by atoms with Crippen molar-refractivity contribution < 1.29 is 28.6 Å². The van der Waals surface area contributed by atoms with Crippen LogP contribution < -0.4 is 10.1 Å². The van der Waals surface area contributed by atoms with Crippen molar-refractivity contribution in [3.05, 3.63) is 34.4 Å². The summed E-state index contributed by atoms with van der Waals surface area (Å²) >= 11 is 6.10. The molecule has 0 unspecified atom stereocenters. The van der Waals surface area contributed by atoms with Crippen LogP contribution in [0.15, 0.2) is 23.8 Å². The molecule has 1 rings (SSSR count). The molecule has 0 saturated heterocycles. The Morgan fingerprint density at radius 2 is 1.66 bits per heavy atom. The van der Waals surface area contributed by atoms with E-state index in [1.165, 1.54) is 19.1 Å². The lowest BCUT2D eigenvalue weighted by Gasteiger charge is -2.24. The quantitative estimate of drug-likeness (QED) is 0.479. The number of hydrogen-bond donors (Lipinski definition) is 1. The van der Waals surface area contributed by atoms with Gasteiger partial charge in [-0.05, 0) is 65.8 Å². The van der Waals surface area contributed by atoms with E-state index in [0.29, 0.717) is 16.3 Å². The van der Waals surface area contributed by atoms with Gasteiger partial charge < -0.3 is 24.4 Å². The van der Waals surface area contributed by atoms with Gasteiger partial charge in [-0.2, -0.15) is 0 Å². The van der Waals surface area contributed by atoms with E-state index in [4.69, 9.17) is 25.8 Å². The Morgan fingerprint density at radius 1 is 1.06 bits per heavy atom. The van der Waals surface area contributed by atoms with Crippen LogP contribution in [0.25, 0.3) is 6.08 Å². The van der Waals surface area contributed by atoms with Crippen molar-refractivity contribution in [1.29, 1.82) is 0 Å². The molecule has 178 valence electrons. The molecule has 0 aromatic heterocycles. The van der Waals surface area contributed by atoms with E-state index in [1.807, 2.05) is 0 Å². The van der Waals surface area contributed by atoms with E-state index >= 15 is 0 Å². The number of nitrogens with zero attached hydrogens (tertiary/aromatic N) is 1. The first kappa shape index (κ1) is 27.3. The minimum absolute atomic E-state index is 0.0561. The number of benzene rings is 1. The lowest BCUT2D eigenvalue weighted by molar-refractivity contribution is -0.150. The monoisotopic (exact) mass is 468 g/mol. The molecule has 8 nitrogen and oxygen atoms in total. The third kappa shape index (κ3) is 10.0. The first-order valence-corrected chi connectivity index (χ1v) is 10.5. The summed E-state index contributed by atoms with van der Waals surface area (Å²) in [6.45, 7) is 10.1. The minimum Gasteiger partial charge on any atom is -0.496 e. The van der Waals surface area contributed by atoms with Gasteiger partial charge in [-0.15, -0.1) is 0 Å². The number of carbonyl (C=O) groups excluding carboxylic acids is 3. The average molecular weight is 469 g/mol. The Bertz CT molecular complexity index is 868. The van der Waals surface area contributed by atoms with Crippen LogP contribution in [-0.2, 0) is 19.1 Å². The Labute approximate surface area is 194 Å². The number of methoxy groups -OCH3 is 1. The summed E-state index contributed by atoms with van der Waals surface area (Å²) in [4.78, 5) is 38.5. The zero-order valence-corrected chi connectivity index (χ0v) is 20.8. The maximum absolute atomic E-state index is 12.8. The van der Waals surface area contributed by atoms with Gasteiger partial charge >= 0.3 is 12.1 Å². The van der Waals surface area contributed by atoms with Crippen molar-refractivity contribution >= 4 is 35.6 Å². The van der Waals surface area contributed by atoms with Crippen molar-refractivity contribution in [3.8, 4) is 5.75 Å². The SMILES string of the molecule is COc1ccc(Cl)cc1C=C(CN(C)C(=O)CNC(=O)OC(C)(C)C)C(=O)OC(C)(C)C. The molecule has 0 saturated carbocycles. The molecule has 1 N–H and O–H groups in total. The average Bonchev–Trinajstić information content (AvgIpc) is 2.62. The number of nitrogens with one attached hydrogen (secondary N) is 1. The van der Waals surface area contributed by atoms with Gasteiger partial charge in [0.15, 0.2) is 0 Å². The van der Waals surface area contributed by atoms with Crippen LogP contribution >= 0.6 is 11.6 Å². The second kappa shape index (κ2) is 11.2. The van der Waals surface area contributed by atoms with Crippen LogP contribution in [0, 0.1) is 0 Å². The number of carbonyl (C=O) groups is 3. The molecule has 0 aliphatic rings. The fourth-order valence-electron chi connectivity index (χ4n) is 2.46.